The van der Waals surface area contributed by atoms with Gasteiger partial charge in [-0.2, -0.15) is 0 Å². The van der Waals surface area contributed by atoms with E-state index in [-0.39, 0.29) is 18.1 Å². The number of ether oxygens (including phenoxy) is 1. The van der Waals surface area contributed by atoms with Crippen molar-refractivity contribution in [1.82, 2.24) is 9.80 Å². The molecule has 0 bridgehead atoms. The molecule has 0 aromatic heterocycles. The maximum atomic E-state index is 12.0. The zero-order valence-corrected chi connectivity index (χ0v) is 11.3. The molecule has 2 heterocycles. The summed E-state index contributed by atoms with van der Waals surface area (Å²) < 4.78 is 5.54. The molecule has 2 aliphatic rings. The van der Waals surface area contributed by atoms with Crippen LogP contribution in [0.15, 0.2) is 30.3 Å². The van der Waals surface area contributed by atoms with E-state index < -0.39 is 0 Å². The van der Waals surface area contributed by atoms with E-state index in [1.165, 1.54) is 5.56 Å². The first kappa shape index (κ1) is 12.6. The molecule has 1 aromatic carbocycles. The van der Waals surface area contributed by atoms with Crippen LogP contribution in [0.25, 0.3) is 0 Å². The van der Waals surface area contributed by atoms with Gasteiger partial charge in [0.1, 0.15) is 6.10 Å². The van der Waals surface area contributed by atoms with Gasteiger partial charge in [-0.3, -0.25) is 9.69 Å². The standard InChI is InChI=1S/C15H20N2O2/c1-12-15(18)17-8-7-16(10-14(17)11-19-12)9-13-5-3-2-4-6-13/h2-6,12,14H,7-11H2,1H3/t12?,14-/m0/s1. The maximum Gasteiger partial charge on any atom is 0.251 e. The molecule has 2 saturated heterocycles. The Labute approximate surface area is 113 Å². The molecule has 1 unspecified atom stereocenters. The predicted molar refractivity (Wildman–Crippen MR) is 72.6 cm³/mol. The largest absolute Gasteiger partial charge is 0.366 e. The first-order valence-corrected chi connectivity index (χ1v) is 6.92. The number of morpholine rings is 1. The second-order valence-electron chi connectivity index (χ2n) is 5.38. The molecule has 0 aliphatic carbocycles. The SMILES string of the molecule is CC1OC[C@@H]2CN(Cc3ccccc3)CCN2C1=O. The molecule has 1 aromatic rings. The van der Waals surface area contributed by atoms with Crippen LogP contribution in [0, 0.1) is 0 Å². The van der Waals surface area contributed by atoms with Crippen LogP contribution < -0.4 is 0 Å². The minimum absolute atomic E-state index is 0.149. The first-order chi connectivity index (χ1) is 9.24. The number of carbonyl (C=O) groups is 1. The normalized spacial score (nSPS) is 28.3. The molecule has 2 atom stereocenters. The predicted octanol–water partition coefficient (Wildman–Crippen LogP) is 1.12. The van der Waals surface area contributed by atoms with E-state index in [9.17, 15) is 4.79 Å². The lowest BCUT2D eigenvalue weighted by molar-refractivity contribution is -0.162. The van der Waals surface area contributed by atoms with Crippen LogP contribution in [-0.4, -0.2) is 54.1 Å². The first-order valence-electron chi connectivity index (χ1n) is 6.92. The Morgan fingerprint density at radius 3 is 2.84 bits per heavy atom. The Morgan fingerprint density at radius 1 is 1.26 bits per heavy atom. The topological polar surface area (TPSA) is 32.8 Å². The van der Waals surface area contributed by atoms with Crippen molar-refractivity contribution in [3.63, 3.8) is 0 Å². The third kappa shape index (κ3) is 2.65. The monoisotopic (exact) mass is 260 g/mol. The van der Waals surface area contributed by atoms with E-state index in [0.717, 1.165) is 26.2 Å². The molecular formula is C15H20N2O2. The van der Waals surface area contributed by atoms with Gasteiger partial charge in [-0.05, 0) is 12.5 Å². The lowest BCUT2D eigenvalue weighted by Crippen LogP contribution is -2.61. The Balaban J connectivity index is 1.62. The molecule has 0 spiro atoms. The Bertz CT molecular complexity index is 449. The molecule has 3 rings (SSSR count). The van der Waals surface area contributed by atoms with Gasteiger partial charge in [-0.15, -0.1) is 0 Å². The van der Waals surface area contributed by atoms with Crippen molar-refractivity contribution in [2.45, 2.75) is 25.6 Å². The number of hydrogen-bond donors (Lipinski definition) is 0. The van der Waals surface area contributed by atoms with Gasteiger partial charge >= 0.3 is 0 Å². The van der Waals surface area contributed by atoms with Crippen LogP contribution in [0.5, 0.6) is 0 Å². The lowest BCUT2D eigenvalue weighted by atomic mass is 10.1. The molecule has 2 aliphatic heterocycles. The van der Waals surface area contributed by atoms with Gasteiger partial charge in [0.25, 0.3) is 5.91 Å². The fourth-order valence-corrected chi connectivity index (χ4v) is 2.90. The van der Waals surface area contributed by atoms with Crippen LogP contribution in [0.4, 0.5) is 0 Å². The summed E-state index contributed by atoms with van der Waals surface area (Å²) in [4.78, 5) is 16.4. The summed E-state index contributed by atoms with van der Waals surface area (Å²) in [7, 11) is 0. The highest BCUT2D eigenvalue weighted by molar-refractivity contribution is 5.81. The van der Waals surface area contributed by atoms with Crippen LogP contribution in [0.3, 0.4) is 0 Å². The zero-order chi connectivity index (χ0) is 13.2. The number of nitrogens with zero attached hydrogens (tertiary/aromatic N) is 2. The van der Waals surface area contributed by atoms with Gasteiger partial charge < -0.3 is 9.64 Å². The molecule has 102 valence electrons. The van der Waals surface area contributed by atoms with E-state index in [2.05, 4.69) is 29.2 Å². The minimum Gasteiger partial charge on any atom is -0.366 e. The number of carbonyl (C=O) groups excluding carboxylic acids is 1. The van der Waals surface area contributed by atoms with Crippen molar-refractivity contribution in [2.75, 3.05) is 26.2 Å². The van der Waals surface area contributed by atoms with Gasteiger partial charge in [0.15, 0.2) is 0 Å². The molecule has 1 amide bonds. The molecule has 19 heavy (non-hydrogen) atoms. The number of amides is 1. The molecule has 0 N–H and O–H groups in total. The van der Waals surface area contributed by atoms with E-state index >= 15 is 0 Å². The third-order valence-corrected chi connectivity index (χ3v) is 3.99. The summed E-state index contributed by atoms with van der Waals surface area (Å²) in [5, 5.41) is 0. The highest BCUT2D eigenvalue weighted by Gasteiger charge is 2.37. The lowest BCUT2D eigenvalue weighted by Gasteiger charge is -2.45. The molecule has 2 fully saturated rings. The van der Waals surface area contributed by atoms with Crippen molar-refractivity contribution >= 4 is 5.91 Å². The number of benzene rings is 1. The number of piperazine rings is 1. The second kappa shape index (κ2) is 5.31. The van der Waals surface area contributed by atoms with E-state index in [1.807, 2.05) is 17.9 Å². The van der Waals surface area contributed by atoms with Crippen LogP contribution >= 0.6 is 0 Å². The smallest absolute Gasteiger partial charge is 0.251 e. The van der Waals surface area contributed by atoms with Gasteiger partial charge in [0, 0.05) is 26.2 Å². The summed E-state index contributed by atoms with van der Waals surface area (Å²) in [6.07, 6.45) is -0.267. The van der Waals surface area contributed by atoms with Gasteiger partial charge in [0.2, 0.25) is 0 Å². The molecule has 4 nitrogen and oxygen atoms in total. The number of fused-ring (bicyclic) bond motifs is 1. The summed E-state index contributed by atoms with van der Waals surface area (Å²) >= 11 is 0. The summed E-state index contributed by atoms with van der Waals surface area (Å²) in [5.74, 6) is 0.149. The fourth-order valence-electron chi connectivity index (χ4n) is 2.90. The Morgan fingerprint density at radius 2 is 2.05 bits per heavy atom. The minimum atomic E-state index is -0.267. The van der Waals surface area contributed by atoms with Crippen molar-refractivity contribution < 1.29 is 9.53 Å². The highest BCUT2D eigenvalue weighted by Crippen LogP contribution is 2.19. The van der Waals surface area contributed by atoms with Crippen molar-refractivity contribution in [2.24, 2.45) is 0 Å². The summed E-state index contributed by atoms with van der Waals surface area (Å²) in [5.41, 5.74) is 1.33. The van der Waals surface area contributed by atoms with Crippen LogP contribution in [-0.2, 0) is 16.1 Å². The van der Waals surface area contributed by atoms with E-state index in [1.54, 1.807) is 0 Å². The summed E-state index contributed by atoms with van der Waals surface area (Å²) in [6.45, 7) is 6.14. The highest BCUT2D eigenvalue weighted by atomic mass is 16.5. The molecule has 4 heteroatoms. The maximum absolute atomic E-state index is 12.0. The number of hydrogen-bond acceptors (Lipinski definition) is 3. The van der Waals surface area contributed by atoms with Gasteiger partial charge in [-0.1, -0.05) is 30.3 Å². The average Bonchev–Trinajstić information content (AvgIpc) is 2.44. The van der Waals surface area contributed by atoms with Crippen molar-refractivity contribution in [1.29, 1.82) is 0 Å². The van der Waals surface area contributed by atoms with Crippen molar-refractivity contribution in [3.05, 3.63) is 35.9 Å². The van der Waals surface area contributed by atoms with Crippen molar-refractivity contribution in [3.8, 4) is 0 Å². The Hall–Kier alpha value is -1.39. The molecular weight excluding hydrogens is 240 g/mol. The second-order valence-corrected chi connectivity index (χ2v) is 5.38. The zero-order valence-electron chi connectivity index (χ0n) is 11.3. The Kier molecular flexibility index (Phi) is 3.53. The van der Waals surface area contributed by atoms with E-state index in [0.29, 0.717) is 6.61 Å². The number of rotatable bonds is 2. The average molecular weight is 260 g/mol. The van der Waals surface area contributed by atoms with Crippen LogP contribution in [0.2, 0.25) is 0 Å². The van der Waals surface area contributed by atoms with Gasteiger partial charge in [0.05, 0.1) is 12.6 Å². The quantitative estimate of drug-likeness (QED) is 0.799. The summed E-state index contributed by atoms with van der Waals surface area (Å²) in [6, 6.07) is 10.7. The van der Waals surface area contributed by atoms with Crippen LogP contribution in [0.1, 0.15) is 12.5 Å². The molecule has 0 radical (unpaired) electrons. The third-order valence-electron chi connectivity index (χ3n) is 3.99. The molecule has 0 saturated carbocycles. The van der Waals surface area contributed by atoms with Gasteiger partial charge in [-0.25, -0.2) is 0 Å². The fraction of sp³-hybridized carbons (Fsp3) is 0.533. The van der Waals surface area contributed by atoms with E-state index in [4.69, 9.17) is 4.74 Å².